The van der Waals surface area contributed by atoms with E-state index in [1.54, 1.807) is 0 Å². The number of benzene rings is 2. The number of hydrogen-bond acceptors (Lipinski definition) is 13. The molecule has 5 unspecified atom stereocenters. The van der Waals surface area contributed by atoms with E-state index in [2.05, 4.69) is 0 Å². The Hall–Kier alpha value is -3.75. The quantitative estimate of drug-likeness (QED) is 0.244. The lowest BCUT2D eigenvalue weighted by atomic mass is 9.99. The minimum absolute atomic E-state index is 0.0616. The van der Waals surface area contributed by atoms with Crippen molar-refractivity contribution in [1.82, 2.24) is 0 Å². The number of rotatable bonds is 7. The molecule has 13 nitrogen and oxygen atoms in total. The van der Waals surface area contributed by atoms with E-state index in [0.717, 1.165) is 6.07 Å². The molecule has 0 radical (unpaired) electrons. The largest absolute Gasteiger partial charge is 0.507 e. The van der Waals surface area contributed by atoms with E-state index >= 15 is 0 Å². The fraction of sp³-hybridized carbons (Fsp3) is 0.375. The summed E-state index contributed by atoms with van der Waals surface area (Å²) in [5.74, 6) is -1.40. The molecular weight excluding hydrogens is 496 g/mol. The fourth-order valence-corrected chi connectivity index (χ4v) is 4.02. The molecule has 13 heteroatoms. The van der Waals surface area contributed by atoms with Crippen LogP contribution in [0.1, 0.15) is 0 Å². The molecule has 3 aromatic rings. The monoisotopic (exact) mass is 522 g/mol. The van der Waals surface area contributed by atoms with Crippen LogP contribution in [0.15, 0.2) is 33.5 Å². The van der Waals surface area contributed by atoms with Gasteiger partial charge in [0, 0.05) is 18.2 Å². The summed E-state index contributed by atoms with van der Waals surface area (Å²) in [5, 5.41) is 60.8. The first kappa shape index (κ1) is 26.3. The standard InChI is InChI=1S/C24H26O13/c1-32-9-4-12(27)17-15(5-9)35-22(23(34-3)19(17)29)10-6-11(26)14(33-2)7-13(10)36-24-21(31)20(30)18(28)16(8-25)37-24/h4-7,16,18,20-21,24-28,30-31H,8H2,1-3H3. The predicted molar refractivity (Wildman–Crippen MR) is 125 cm³/mol. The molecule has 37 heavy (non-hydrogen) atoms. The lowest BCUT2D eigenvalue weighted by Crippen LogP contribution is -2.60. The van der Waals surface area contributed by atoms with Gasteiger partial charge in [-0.2, -0.15) is 0 Å². The first-order valence-corrected chi connectivity index (χ1v) is 10.9. The third-order valence-corrected chi connectivity index (χ3v) is 5.96. The molecular formula is C24H26O13. The number of aliphatic hydroxyl groups is 4. The van der Waals surface area contributed by atoms with Gasteiger partial charge in [-0.25, -0.2) is 0 Å². The Balaban J connectivity index is 1.92. The zero-order chi connectivity index (χ0) is 27.0. The molecule has 0 amide bonds. The molecule has 4 rings (SSSR count). The van der Waals surface area contributed by atoms with Crippen molar-refractivity contribution in [2.45, 2.75) is 30.7 Å². The summed E-state index contributed by atoms with van der Waals surface area (Å²) in [6.07, 6.45) is -7.95. The second-order valence-corrected chi connectivity index (χ2v) is 8.15. The average Bonchev–Trinajstić information content (AvgIpc) is 2.88. The first-order valence-electron chi connectivity index (χ1n) is 10.9. The smallest absolute Gasteiger partial charge is 0.239 e. The number of methoxy groups -OCH3 is 3. The fourth-order valence-electron chi connectivity index (χ4n) is 4.02. The Kier molecular flexibility index (Phi) is 7.34. The van der Waals surface area contributed by atoms with Gasteiger partial charge in [-0.05, 0) is 6.07 Å². The van der Waals surface area contributed by atoms with Gasteiger partial charge >= 0.3 is 0 Å². The van der Waals surface area contributed by atoms with Crippen molar-refractivity contribution in [1.29, 1.82) is 0 Å². The summed E-state index contributed by atoms with van der Waals surface area (Å²) in [6, 6.07) is 4.94. The molecule has 1 aromatic heterocycles. The van der Waals surface area contributed by atoms with Crippen molar-refractivity contribution >= 4 is 11.0 Å². The Labute approximate surface area is 209 Å². The van der Waals surface area contributed by atoms with Crippen LogP contribution < -0.4 is 24.4 Å². The topological polar surface area (TPSA) is 198 Å². The number of ether oxygens (including phenoxy) is 5. The van der Waals surface area contributed by atoms with Crippen LogP contribution in [-0.4, -0.2) is 89.3 Å². The van der Waals surface area contributed by atoms with E-state index in [-0.39, 0.29) is 51.0 Å². The number of phenols is 2. The van der Waals surface area contributed by atoms with E-state index in [4.69, 9.17) is 28.1 Å². The summed E-state index contributed by atoms with van der Waals surface area (Å²) in [7, 11) is 3.83. The highest BCUT2D eigenvalue weighted by molar-refractivity contribution is 5.89. The van der Waals surface area contributed by atoms with Gasteiger partial charge in [-0.3, -0.25) is 4.79 Å². The third-order valence-electron chi connectivity index (χ3n) is 5.96. The summed E-state index contributed by atoms with van der Waals surface area (Å²) in [4.78, 5) is 13.2. The second kappa shape index (κ2) is 10.3. The van der Waals surface area contributed by atoms with Crippen molar-refractivity contribution in [2.24, 2.45) is 0 Å². The molecule has 0 saturated carbocycles. The number of aliphatic hydroxyl groups excluding tert-OH is 4. The van der Waals surface area contributed by atoms with E-state index in [1.165, 1.54) is 39.5 Å². The molecule has 5 atom stereocenters. The van der Waals surface area contributed by atoms with Gasteiger partial charge in [-0.15, -0.1) is 0 Å². The Morgan fingerprint density at radius 2 is 1.59 bits per heavy atom. The van der Waals surface area contributed by atoms with Crippen molar-refractivity contribution in [3.8, 4) is 45.8 Å². The summed E-state index contributed by atoms with van der Waals surface area (Å²) >= 11 is 0. The zero-order valence-electron chi connectivity index (χ0n) is 19.9. The van der Waals surface area contributed by atoms with Gasteiger partial charge in [-0.1, -0.05) is 0 Å². The maximum absolute atomic E-state index is 13.2. The second-order valence-electron chi connectivity index (χ2n) is 8.15. The molecule has 1 aliphatic rings. The van der Waals surface area contributed by atoms with E-state index in [9.17, 15) is 35.4 Å². The maximum atomic E-state index is 13.2. The van der Waals surface area contributed by atoms with Crippen molar-refractivity contribution in [2.75, 3.05) is 27.9 Å². The molecule has 1 saturated heterocycles. The molecule has 1 aliphatic heterocycles. The van der Waals surface area contributed by atoms with Crippen LogP contribution in [0.2, 0.25) is 0 Å². The molecule has 0 bridgehead atoms. The lowest BCUT2D eigenvalue weighted by Gasteiger charge is -2.39. The van der Waals surface area contributed by atoms with Crippen LogP contribution in [-0.2, 0) is 4.74 Å². The summed E-state index contributed by atoms with van der Waals surface area (Å²) in [6.45, 7) is -0.685. The Morgan fingerprint density at radius 3 is 2.22 bits per heavy atom. The Bertz CT molecular complexity index is 1350. The van der Waals surface area contributed by atoms with Gasteiger partial charge in [0.1, 0.15) is 52.6 Å². The van der Waals surface area contributed by atoms with Gasteiger partial charge in [0.05, 0.1) is 33.5 Å². The van der Waals surface area contributed by atoms with Gasteiger partial charge in [0.25, 0.3) is 0 Å². The van der Waals surface area contributed by atoms with Crippen molar-refractivity contribution < 1.29 is 58.7 Å². The van der Waals surface area contributed by atoms with E-state index in [0.29, 0.717) is 0 Å². The van der Waals surface area contributed by atoms with Crippen molar-refractivity contribution in [3.63, 3.8) is 0 Å². The van der Waals surface area contributed by atoms with E-state index in [1.807, 2.05) is 0 Å². The summed E-state index contributed by atoms with van der Waals surface area (Å²) < 4.78 is 32.6. The molecule has 2 aromatic carbocycles. The van der Waals surface area contributed by atoms with Crippen LogP contribution in [0.5, 0.6) is 34.5 Å². The van der Waals surface area contributed by atoms with Crippen LogP contribution in [0, 0.1) is 0 Å². The summed E-state index contributed by atoms with van der Waals surface area (Å²) in [5.41, 5.74) is -0.881. The van der Waals surface area contributed by atoms with Gasteiger partial charge < -0.3 is 58.7 Å². The average molecular weight is 522 g/mol. The highest BCUT2D eigenvalue weighted by Crippen LogP contribution is 2.44. The minimum atomic E-state index is -1.75. The zero-order valence-corrected chi connectivity index (χ0v) is 19.9. The maximum Gasteiger partial charge on any atom is 0.239 e. The number of aromatic hydroxyl groups is 2. The van der Waals surface area contributed by atoms with Crippen LogP contribution in [0.4, 0.5) is 0 Å². The highest BCUT2D eigenvalue weighted by Gasteiger charge is 2.45. The molecule has 1 fully saturated rings. The number of hydrogen-bond donors (Lipinski definition) is 6. The number of phenolic OH excluding ortho intramolecular Hbond substituents is 2. The van der Waals surface area contributed by atoms with Crippen molar-refractivity contribution in [3.05, 3.63) is 34.5 Å². The van der Waals surface area contributed by atoms with Crippen LogP contribution in [0.25, 0.3) is 22.3 Å². The highest BCUT2D eigenvalue weighted by atomic mass is 16.7. The van der Waals surface area contributed by atoms with Crippen LogP contribution in [0.3, 0.4) is 0 Å². The minimum Gasteiger partial charge on any atom is -0.507 e. The first-order chi connectivity index (χ1) is 17.6. The van der Waals surface area contributed by atoms with Crippen LogP contribution >= 0.6 is 0 Å². The molecule has 0 aliphatic carbocycles. The third kappa shape index (κ3) is 4.58. The predicted octanol–water partition coefficient (Wildman–Crippen LogP) is 0.0757. The SMILES string of the molecule is COc1cc(O)c2c(=O)c(OC)c(-c3cc(O)c(OC)cc3OC3OC(CO)C(O)C(O)C3O)oc2c1. The molecule has 0 spiro atoms. The molecule has 2 heterocycles. The lowest BCUT2D eigenvalue weighted by molar-refractivity contribution is -0.277. The van der Waals surface area contributed by atoms with Gasteiger partial charge in [0.15, 0.2) is 17.3 Å². The molecule has 6 N–H and O–H groups in total. The molecule has 200 valence electrons. The van der Waals surface area contributed by atoms with E-state index < -0.39 is 48.5 Å². The number of fused-ring (bicyclic) bond motifs is 1. The Morgan fingerprint density at radius 1 is 0.865 bits per heavy atom. The van der Waals surface area contributed by atoms with Gasteiger partial charge in [0.2, 0.25) is 17.5 Å². The normalized spacial score (nSPS) is 23.6.